The van der Waals surface area contributed by atoms with Gasteiger partial charge >= 0.3 is 0 Å². The van der Waals surface area contributed by atoms with E-state index in [1.54, 1.807) is 0 Å². The molecule has 3 nitrogen and oxygen atoms in total. The van der Waals surface area contributed by atoms with E-state index in [4.69, 9.17) is 5.26 Å². The molecule has 1 N–H and O–H groups in total. The van der Waals surface area contributed by atoms with E-state index < -0.39 is 0 Å². The average molecular weight is 253 g/mol. The van der Waals surface area contributed by atoms with E-state index in [0.717, 1.165) is 24.0 Å². The number of hydrogen-bond acceptors (Lipinski definition) is 3. The topological polar surface area (TPSA) is 48.7 Å². The Bertz CT molecular complexity index is 591. The number of nitrogens with one attached hydrogen (secondary N) is 1. The maximum absolute atomic E-state index is 8.68. The van der Waals surface area contributed by atoms with E-state index in [1.165, 1.54) is 5.39 Å². The second kappa shape index (κ2) is 5.71. The van der Waals surface area contributed by atoms with Gasteiger partial charge in [-0.05, 0) is 24.0 Å². The molecule has 0 aliphatic rings. The summed E-state index contributed by atoms with van der Waals surface area (Å²) in [6.45, 7) is 5.23. The molecule has 0 aliphatic carbocycles. The lowest BCUT2D eigenvalue weighted by Gasteiger charge is -2.24. The van der Waals surface area contributed by atoms with E-state index in [9.17, 15) is 0 Å². The molecule has 3 heteroatoms. The summed E-state index contributed by atoms with van der Waals surface area (Å²) < 4.78 is 0. The molecule has 0 amide bonds. The Morgan fingerprint density at radius 3 is 2.95 bits per heavy atom. The molecule has 2 rings (SSSR count). The highest BCUT2D eigenvalue weighted by Gasteiger charge is 2.17. The monoisotopic (exact) mass is 253 g/mol. The SMILES string of the molecule is CC(C)(CCC#N)CNc1cccc2cnccc12. The fraction of sp³-hybridized carbons (Fsp3) is 0.375. The molecule has 0 saturated carbocycles. The fourth-order valence-corrected chi connectivity index (χ4v) is 2.09. The summed E-state index contributed by atoms with van der Waals surface area (Å²) in [6, 6.07) is 10.4. The Morgan fingerprint density at radius 2 is 2.16 bits per heavy atom. The molecule has 1 heterocycles. The van der Waals surface area contributed by atoms with Gasteiger partial charge in [0.05, 0.1) is 6.07 Å². The smallest absolute Gasteiger partial charge is 0.0621 e. The predicted molar refractivity (Wildman–Crippen MR) is 78.9 cm³/mol. The summed E-state index contributed by atoms with van der Waals surface area (Å²) in [5.41, 5.74) is 1.25. The normalized spacial score (nSPS) is 11.2. The van der Waals surface area contributed by atoms with Gasteiger partial charge < -0.3 is 5.32 Å². The van der Waals surface area contributed by atoms with Crippen molar-refractivity contribution in [3.05, 3.63) is 36.7 Å². The first kappa shape index (κ1) is 13.4. The highest BCUT2D eigenvalue weighted by atomic mass is 14.9. The van der Waals surface area contributed by atoms with E-state index in [0.29, 0.717) is 6.42 Å². The van der Waals surface area contributed by atoms with Crippen LogP contribution in [0.3, 0.4) is 0 Å². The van der Waals surface area contributed by atoms with Crippen molar-refractivity contribution >= 4 is 16.5 Å². The second-order valence-corrected chi connectivity index (χ2v) is 5.58. The number of hydrogen-bond donors (Lipinski definition) is 1. The summed E-state index contributed by atoms with van der Waals surface area (Å²) in [7, 11) is 0. The number of nitrogens with zero attached hydrogens (tertiary/aromatic N) is 2. The molecule has 1 aromatic heterocycles. The van der Waals surface area contributed by atoms with Crippen LogP contribution >= 0.6 is 0 Å². The van der Waals surface area contributed by atoms with Crippen LogP contribution in [-0.4, -0.2) is 11.5 Å². The summed E-state index contributed by atoms with van der Waals surface area (Å²) >= 11 is 0. The number of nitriles is 1. The molecule has 98 valence electrons. The molecule has 1 aromatic carbocycles. The van der Waals surface area contributed by atoms with Crippen LogP contribution in [-0.2, 0) is 0 Å². The van der Waals surface area contributed by atoms with Gasteiger partial charge in [-0.1, -0.05) is 26.0 Å². The Balaban J connectivity index is 2.12. The number of fused-ring (bicyclic) bond motifs is 1. The van der Waals surface area contributed by atoms with Crippen LogP contribution in [0.4, 0.5) is 5.69 Å². The number of anilines is 1. The standard InChI is InChI=1S/C16H19N3/c1-16(2,8-4-9-17)12-19-15-6-3-5-13-11-18-10-7-14(13)15/h3,5-7,10-11,19H,4,8,12H2,1-2H3. The molecule has 0 bridgehead atoms. The molecule has 0 aliphatic heterocycles. The number of rotatable bonds is 5. The minimum atomic E-state index is 0.116. The summed E-state index contributed by atoms with van der Waals surface area (Å²) in [4.78, 5) is 4.14. The predicted octanol–water partition coefficient (Wildman–Crippen LogP) is 3.98. The molecule has 0 unspecified atom stereocenters. The molecule has 0 radical (unpaired) electrons. The molecular formula is C16H19N3. The van der Waals surface area contributed by atoms with Crippen molar-refractivity contribution in [3.8, 4) is 6.07 Å². The zero-order valence-corrected chi connectivity index (χ0v) is 11.5. The highest BCUT2D eigenvalue weighted by molar-refractivity contribution is 5.93. The molecule has 0 fully saturated rings. The molecule has 0 saturated heterocycles. The zero-order chi connectivity index (χ0) is 13.7. The lowest BCUT2D eigenvalue weighted by Crippen LogP contribution is -2.23. The van der Waals surface area contributed by atoms with Crippen LogP contribution < -0.4 is 5.32 Å². The third-order valence-electron chi connectivity index (χ3n) is 3.35. The lowest BCUT2D eigenvalue weighted by atomic mass is 9.88. The molecule has 2 aromatic rings. The van der Waals surface area contributed by atoms with Crippen LogP contribution in [0.1, 0.15) is 26.7 Å². The van der Waals surface area contributed by atoms with Gasteiger partial charge in [0.25, 0.3) is 0 Å². The Morgan fingerprint density at radius 1 is 1.32 bits per heavy atom. The van der Waals surface area contributed by atoms with Crippen molar-refractivity contribution in [2.24, 2.45) is 5.41 Å². The van der Waals surface area contributed by atoms with Crippen molar-refractivity contribution in [1.82, 2.24) is 4.98 Å². The van der Waals surface area contributed by atoms with E-state index in [1.807, 2.05) is 24.5 Å². The first-order valence-electron chi connectivity index (χ1n) is 6.56. The van der Waals surface area contributed by atoms with E-state index in [-0.39, 0.29) is 5.41 Å². The average Bonchev–Trinajstić information content (AvgIpc) is 2.43. The van der Waals surface area contributed by atoms with Gasteiger partial charge in [-0.3, -0.25) is 4.98 Å². The van der Waals surface area contributed by atoms with Crippen LogP contribution in [0.25, 0.3) is 10.8 Å². The van der Waals surface area contributed by atoms with Crippen LogP contribution in [0, 0.1) is 16.7 Å². The van der Waals surface area contributed by atoms with Gasteiger partial charge in [-0.2, -0.15) is 5.26 Å². The van der Waals surface area contributed by atoms with Gasteiger partial charge in [0, 0.05) is 41.8 Å². The number of benzene rings is 1. The van der Waals surface area contributed by atoms with Gasteiger partial charge in [0.1, 0.15) is 0 Å². The van der Waals surface area contributed by atoms with Crippen LogP contribution in [0.2, 0.25) is 0 Å². The van der Waals surface area contributed by atoms with E-state index in [2.05, 4.69) is 42.4 Å². The summed E-state index contributed by atoms with van der Waals surface area (Å²) in [6.07, 6.45) is 5.20. The lowest BCUT2D eigenvalue weighted by molar-refractivity contribution is 0.364. The molecular weight excluding hydrogens is 234 g/mol. The molecule has 0 spiro atoms. The first-order valence-corrected chi connectivity index (χ1v) is 6.56. The quantitative estimate of drug-likeness (QED) is 0.876. The third kappa shape index (κ3) is 3.45. The Kier molecular flexibility index (Phi) is 4.01. The summed E-state index contributed by atoms with van der Waals surface area (Å²) in [5.74, 6) is 0. The highest BCUT2D eigenvalue weighted by Crippen LogP contribution is 2.26. The Hall–Kier alpha value is -2.08. The minimum Gasteiger partial charge on any atom is -0.384 e. The van der Waals surface area contributed by atoms with Gasteiger partial charge in [0.15, 0.2) is 0 Å². The van der Waals surface area contributed by atoms with Crippen molar-refractivity contribution in [1.29, 1.82) is 5.26 Å². The van der Waals surface area contributed by atoms with Crippen molar-refractivity contribution < 1.29 is 0 Å². The maximum Gasteiger partial charge on any atom is 0.0621 e. The van der Waals surface area contributed by atoms with Crippen molar-refractivity contribution in [2.75, 3.05) is 11.9 Å². The number of pyridine rings is 1. The number of aromatic nitrogens is 1. The van der Waals surface area contributed by atoms with Crippen LogP contribution in [0.5, 0.6) is 0 Å². The van der Waals surface area contributed by atoms with E-state index >= 15 is 0 Å². The molecule has 19 heavy (non-hydrogen) atoms. The minimum absolute atomic E-state index is 0.116. The van der Waals surface area contributed by atoms with Crippen molar-refractivity contribution in [2.45, 2.75) is 26.7 Å². The van der Waals surface area contributed by atoms with Gasteiger partial charge in [0.2, 0.25) is 0 Å². The Labute approximate surface area is 114 Å². The fourth-order valence-electron chi connectivity index (χ4n) is 2.09. The summed E-state index contributed by atoms with van der Waals surface area (Å²) in [5, 5.41) is 14.5. The van der Waals surface area contributed by atoms with Gasteiger partial charge in [-0.25, -0.2) is 0 Å². The van der Waals surface area contributed by atoms with Crippen molar-refractivity contribution in [3.63, 3.8) is 0 Å². The second-order valence-electron chi connectivity index (χ2n) is 5.58. The third-order valence-corrected chi connectivity index (χ3v) is 3.35. The van der Waals surface area contributed by atoms with Gasteiger partial charge in [-0.15, -0.1) is 0 Å². The zero-order valence-electron chi connectivity index (χ0n) is 11.5. The first-order chi connectivity index (χ1) is 9.12. The largest absolute Gasteiger partial charge is 0.384 e. The molecule has 0 atom stereocenters. The maximum atomic E-state index is 8.68. The van der Waals surface area contributed by atoms with Crippen LogP contribution in [0.15, 0.2) is 36.7 Å².